The van der Waals surface area contributed by atoms with E-state index in [-0.39, 0.29) is 11.5 Å². The third-order valence-corrected chi connectivity index (χ3v) is 3.14. The van der Waals surface area contributed by atoms with E-state index in [1.165, 1.54) is 29.7 Å². The van der Waals surface area contributed by atoms with Crippen molar-refractivity contribution in [1.82, 2.24) is 14.7 Å². The topological polar surface area (TPSA) is 55.2 Å². The monoisotopic (exact) mass is 249 g/mol. The summed E-state index contributed by atoms with van der Waals surface area (Å²) in [7, 11) is 1.56. The van der Waals surface area contributed by atoms with Gasteiger partial charge in [-0.25, -0.2) is 4.68 Å². The summed E-state index contributed by atoms with van der Waals surface area (Å²) in [5.74, 6) is 0.590. The number of aromatic nitrogens is 2. The summed E-state index contributed by atoms with van der Waals surface area (Å²) in [5, 5.41) is 4.02. The highest BCUT2D eigenvalue weighted by atomic mass is 16.2. The standard InChI is InChI=1S/C13H19N3O2/c1-3-8-16(9-10-4-5-10)13(18)11-6-7-12(17)15(2)14-11/h6-7,10H,3-5,8-9H2,1-2H3. The van der Waals surface area contributed by atoms with E-state index in [1.54, 1.807) is 7.05 Å². The molecule has 0 saturated heterocycles. The first kappa shape index (κ1) is 12.8. The highest BCUT2D eigenvalue weighted by Crippen LogP contribution is 2.30. The maximum Gasteiger partial charge on any atom is 0.274 e. The average molecular weight is 249 g/mol. The van der Waals surface area contributed by atoms with E-state index in [0.29, 0.717) is 11.6 Å². The van der Waals surface area contributed by atoms with Gasteiger partial charge >= 0.3 is 0 Å². The van der Waals surface area contributed by atoms with Gasteiger partial charge in [0.15, 0.2) is 0 Å². The van der Waals surface area contributed by atoms with E-state index in [1.807, 2.05) is 4.90 Å². The lowest BCUT2D eigenvalue weighted by atomic mass is 10.2. The second-order valence-corrected chi connectivity index (χ2v) is 4.87. The molecule has 1 saturated carbocycles. The van der Waals surface area contributed by atoms with E-state index in [4.69, 9.17) is 0 Å². The van der Waals surface area contributed by atoms with E-state index in [0.717, 1.165) is 19.5 Å². The number of hydrogen-bond acceptors (Lipinski definition) is 3. The fraction of sp³-hybridized carbons (Fsp3) is 0.615. The van der Waals surface area contributed by atoms with Crippen LogP contribution in [0.4, 0.5) is 0 Å². The Morgan fingerprint density at radius 2 is 2.22 bits per heavy atom. The second kappa shape index (κ2) is 5.33. The van der Waals surface area contributed by atoms with E-state index in [2.05, 4.69) is 12.0 Å². The van der Waals surface area contributed by atoms with Crippen molar-refractivity contribution in [3.63, 3.8) is 0 Å². The van der Waals surface area contributed by atoms with Crippen LogP contribution in [-0.4, -0.2) is 33.7 Å². The van der Waals surface area contributed by atoms with Crippen molar-refractivity contribution in [2.24, 2.45) is 13.0 Å². The van der Waals surface area contributed by atoms with Crippen LogP contribution in [0, 0.1) is 5.92 Å². The van der Waals surface area contributed by atoms with Crippen molar-refractivity contribution in [2.75, 3.05) is 13.1 Å². The minimum absolute atomic E-state index is 0.0700. The molecule has 1 aromatic rings. The molecule has 0 N–H and O–H groups in total. The summed E-state index contributed by atoms with van der Waals surface area (Å²) < 4.78 is 1.20. The number of carbonyl (C=O) groups excluding carboxylic acids is 1. The third-order valence-electron chi connectivity index (χ3n) is 3.14. The van der Waals surface area contributed by atoms with Gasteiger partial charge in [0.1, 0.15) is 5.69 Å². The molecular weight excluding hydrogens is 230 g/mol. The Labute approximate surface area is 106 Å². The molecule has 1 aliphatic rings. The van der Waals surface area contributed by atoms with Crippen LogP contribution < -0.4 is 5.56 Å². The zero-order valence-corrected chi connectivity index (χ0v) is 10.9. The highest BCUT2D eigenvalue weighted by Gasteiger charge is 2.27. The molecule has 98 valence electrons. The lowest BCUT2D eigenvalue weighted by Crippen LogP contribution is -2.35. The second-order valence-electron chi connectivity index (χ2n) is 4.87. The van der Waals surface area contributed by atoms with Crippen LogP contribution in [-0.2, 0) is 7.05 Å². The first-order valence-corrected chi connectivity index (χ1v) is 6.45. The van der Waals surface area contributed by atoms with Gasteiger partial charge in [-0.1, -0.05) is 6.92 Å². The minimum atomic E-state index is -0.198. The first-order valence-electron chi connectivity index (χ1n) is 6.45. The summed E-state index contributed by atoms with van der Waals surface area (Å²) in [6, 6.07) is 2.90. The molecule has 0 atom stereocenters. The third kappa shape index (κ3) is 2.97. The van der Waals surface area contributed by atoms with Crippen molar-refractivity contribution in [1.29, 1.82) is 0 Å². The van der Waals surface area contributed by atoms with Gasteiger partial charge in [-0.3, -0.25) is 9.59 Å². The van der Waals surface area contributed by atoms with E-state index in [9.17, 15) is 9.59 Å². The van der Waals surface area contributed by atoms with Crippen LogP contribution in [0.1, 0.15) is 36.7 Å². The van der Waals surface area contributed by atoms with E-state index < -0.39 is 0 Å². The molecule has 18 heavy (non-hydrogen) atoms. The summed E-state index contributed by atoms with van der Waals surface area (Å²) in [4.78, 5) is 25.4. The molecule has 5 nitrogen and oxygen atoms in total. The zero-order valence-electron chi connectivity index (χ0n) is 10.9. The molecule has 0 aromatic carbocycles. The Morgan fingerprint density at radius 1 is 1.50 bits per heavy atom. The van der Waals surface area contributed by atoms with Crippen LogP contribution in [0.2, 0.25) is 0 Å². The van der Waals surface area contributed by atoms with Gasteiger partial charge in [0.2, 0.25) is 0 Å². The predicted molar refractivity (Wildman–Crippen MR) is 68.4 cm³/mol. The molecule has 0 radical (unpaired) electrons. The number of carbonyl (C=O) groups is 1. The first-order chi connectivity index (χ1) is 8.61. The lowest BCUT2D eigenvalue weighted by Gasteiger charge is -2.21. The van der Waals surface area contributed by atoms with Crippen LogP contribution >= 0.6 is 0 Å². The number of aryl methyl sites for hydroxylation is 1. The van der Waals surface area contributed by atoms with E-state index >= 15 is 0 Å². The average Bonchev–Trinajstić information content (AvgIpc) is 3.15. The Hall–Kier alpha value is -1.65. The smallest absolute Gasteiger partial charge is 0.274 e. The minimum Gasteiger partial charge on any atom is -0.337 e. The fourth-order valence-corrected chi connectivity index (χ4v) is 1.94. The molecule has 0 aliphatic heterocycles. The molecule has 0 bridgehead atoms. The summed E-state index contributed by atoms with van der Waals surface area (Å²) in [6.45, 7) is 3.62. The molecule has 0 spiro atoms. The summed E-state index contributed by atoms with van der Waals surface area (Å²) >= 11 is 0. The zero-order chi connectivity index (χ0) is 13.1. The van der Waals surface area contributed by atoms with Gasteiger partial charge in [0.05, 0.1) is 0 Å². The molecule has 0 unspecified atom stereocenters. The van der Waals surface area contributed by atoms with Crippen molar-refractivity contribution >= 4 is 5.91 Å². The maximum atomic E-state index is 12.3. The Bertz CT molecular complexity index is 491. The van der Waals surface area contributed by atoms with Crippen molar-refractivity contribution < 1.29 is 4.79 Å². The van der Waals surface area contributed by atoms with Crippen molar-refractivity contribution in [2.45, 2.75) is 26.2 Å². The Balaban J connectivity index is 2.14. The SMILES string of the molecule is CCCN(CC1CC1)C(=O)c1ccc(=O)n(C)n1. The normalized spacial score (nSPS) is 14.6. The van der Waals surface area contributed by atoms with Crippen LogP contribution in [0.15, 0.2) is 16.9 Å². The highest BCUT2D eigenvalue weighted by molar-refractivity contribution is 5.92. The maximum absolute atomic E-state index is 12.3. The fourth-order valence-electron chi connectivity index (χ4n) is 1.94. The van der Waals surface area contributed by atoms with Crippen LogP contribution in [0.3, 0.4) is 0 Å². The largest absolute Gasteiger partial charge is 0.337 e. The molecule has 1 amide bonds. The molecule has 1 fully saturated rings. The molecule has 1 aromatic heterocycles. The van der Waals surface area contributed by atoms with Gasteiger partial charge in [-0.05, 0) is 31.2 Å². The van der Waals surface area contributed by atoms with Crippen molar-refractivity contribution in [3.05, 3.63) is 28.2 Å². The van der Waals surface area contributed by atoms with Crippen LogP contribution in [0.25, 0.3) is 0 Å². The lowest BCUT2D eigenvalue weighted by molar-refractivity contribution is 0.0739. The van der Waals surface area contributed by atoms with Gasteiger partial charge < -0.3 is 4.90 Å². The number of rotatable bonds is 5. The number of nitrogens with zero attached hydrogens (tertiary/aromatic N) is 3. The van der Waals surface area contributed by atoms with Gasteiger partial charge in [0.25, 0.3) is 11.5 Å². The Morgan fingerprint density at radius 3 is 2.78 bits per heavy atom. The molecule has 1 aliphatic carbocycles. The van der Waals surface area contributed by atoms with Crippen LogP contribution in [0.5, 0.6) is 0 Å². The predicted octanol–water partition coefficient (Wildman–Crippen LogP) is 1.04. The molecular formula is C13H19N3O2. The summed E-state index contributed by atoms with van der Waals surface area (Å²) in [5.41, 5.74) is 0.155. The number of hydrogen-bond donors (Lipinski definition) is 0. The quantitative estimate of drug-likeness (QED) is 0.783. The Kier molecular flexibility index (Phi) is 3.79. The summed E-state index contributed by atoms with van der Waals surface area (Å²) in [6.07, 6.45) is 3.37. The van der Waals surface area contributed by atoms with Gasteiger partial charge in [-0.15, -0.1) is 0 Å². The molecule has 5 heteroatoms. The van der Waals surface area contributed by atoms with Gasteiger partial charge in [0, 0.05) is 26.2 Å². The molecule has 2 rings (SSSR count). The number of amides is 1. The van der Waals surface area contributed by atoms with Gasteiger partial charge in [-0.2, -0.15) is 5.10 Å². The van der Waals surface area contributed by atoms with Crippen molar-refractivity contribution in [3.8, 4) is 0 Å². The molecule has 1 heterocycles.